The van der Waals surface area contributed by atoms with Gasteiger partial charge in [0.1, 0.15) is 0 Å². The van der Waals surface area contributed by atoms with E-state index in [1.165, 1.54) is 0 Å². The number of morpholine rings is 1. The van der Waals surface area contributed by atoms with Gasteiger partial charge in [0, 0.05) is 41.7 Å². The number of amides is 1. The van der Waals surface area contributed by atoms with Crippen molar-refractivity contribution in [3.05, 3.63) is 88.5 Å². The second-order valence-electron chi connectivity index (χ2n) is 9.85. The molecule has 0 bridgehead atoms. The molecular weight excluding hydrogens is 516 g/mol. The summed E-state index contributed by atoms with van der Waals surface area (Å²) in [5.41, 5.74) is 3.22. The van der Waals surface area contributed by atoms with E-state index in [0.29, 0.717) is 28.4 Å². The smallest absolute Gasteiger partial charge is 0.290 e. The van der Waals surface area contributed by atoms with Crippen molar-refractivity contribution in [1.82, 2.24) is 10.2 Å². The number of benzodiazepines with no additional fused rings is 1. The number of hydrogen-bond acceptors (Lipinski definition) is 7. The van der Waals surface area contributed by atoms with Crippen LogP contribution in [0.3, 0.4) is 0 Å². The Bertz CT molecular complexity index is 1360. The lowest BCUT2D eigenvalue weighted by Gasteiger charge is -2.40. The molecule has 0 saturated carbocycles. The zero-order chi connectivity index (χ0) is 27.5. The van der Waals surface area contributed by atoms with Crippen molar-refractivity contribution in [2.75, 3.05) is 18.4 Å². The van der Waals surface area contributed by atoms with Crippen molar-refractivity contribution in [3.8, 4) is 0 Å². The highest BCUT2D eigenvalue weighted by molar-refractivity contribution is 6.32. The van der Waals surface area contributed by atoms with Gasteiger partial charge in [0.05, 0.1) is 29.2 Å². The molecule has 0 radical (unpaired) electrons. The molecule has 5 rings (SSSR count). The van der Waals surface area contributed by atoms with Crippen LogP contribution >= 0.6 is 11.6 Å². The quantitative estimate of drug-likeness (QED) is 0.337. The molecule has 4 atom stereocenters. The van der Waals surface area contributed by atoms with E-state index >= 15 is 0 Å². The van der Waals surface area contributed by atoms with E-state index in [1.54, 1.807) is 12.1 Å². The molecule has 0 spiro atoms. The van der Waals surface area contributed by atoms with Crippen LogP contribution in [0.4, 0.5) is 5.69 Å². The number of ether oxygens (including phenoxy) is 2. The summed E-state index contributed by atoms with van der Waals surface area (Å²) in [4.78, 5) is 20.0. The van der Waals surface area contributed by atoms with E-state index in [2.05, 4.69) is 34.4 Å². The van der Waals surface area contributed by atoms with Gasteiger partial charge in [-0.2, -0.15) is 0 Å². The Morgan fingerprint density at radius 1 is 1.10 bits per heavy atom. The Hall–Kier alpha value is -3.79. The minimum atomic E-state index is -1.14. The highest BCUT2D eigenvalue weighted by Gasteiger charge is 2.31. The molecule has 2 aliphatic heterocycles. The first-order valence-corrected chi connectivity index (χ1v) is 13.3. The average molecular weight is 547 g/mol. The lowest BCUT2D eigenvalue weighted by atomic mass is 10.00. The third-order valence-corrected chi connectivity index (χ3v) is 7.15. The fourth-order valence-corrected chi connectivity index (χ4v) is 5.40. The molecular formula is C29H31ClN6O3. The van der Waals surface area contributed by atoms with Crippen molar-refractivity contribution < 1.29 is 14.3 Å². The van der Waals surface area contributed by atoms with E-state index in [4.69, 9.17) is 31.9 Å². The van der Waals surface area contributed by atoms with Crippen LogP contribution in [0.15, 0.2) is 82.3 Å². The Morgan fingerprint density at radius 2 is 1.79 bits per heavy atom. The van der Waals surface area contributed by atoms with E-state index in [-0.39, 0.29) is 24.1 Å². The first kappa shape index (κ1) is 26.8. The van der Waals surface area contributed by atoms with Crippen molar-refractivity contribution in [1.29, 1.82) is 10.8 Å². The number of carbonyl (C=O) groups is 1. The van der Waals surface area contributed by atoms with Crippen molar-refractivity contribution >= 4 is 40.8 Å². The number of para-hydroxylation sites is 1. The second-order valence-corrected chi connectivity index (χ2v) is 10.3. The van der Waals surface area contributed by atoms with Gasteiger partial charge in [-0.1, -0.05) is 72.3 Å². The van der Waals surface area contributed by atoms with E-state index < -0.39 is 18.1 Å². The summed E-state index contributed by atoms with van der Waals surface area (Å²) in [6.45, 7) is 5.72. The Labute approximate surface area is 232 Å². The molecule has 202 valence electrons. The number of aliphatic imine (C=N–C) groups is 1. The highest BCUT2D eigenvalue weighted by Crippen LogP contribution is 2.29. The molecule has 3 aliphatic rings. The topological polar surface area (TPSA) is 123 Å². The summed E-state index contributed by atoms with van der Waals surface area (Å²) < 4.78 is 11.3. The Morgan fingerprint density at radius 3 is 2.51 bits per heavy atom. The molecule has 39 heavy (non-hydrogen) atoms. The first-order chi connectivity index (χ1) is 18.8. The van der Waals surface area contributed by atoms with Crippen LogP contribution in [0.2, 0.25) is 0 Å². The van der Waals surface area contributed by atoms with Crippen LogP contribution in [0.1, 0.15) is 31.4 Å². The summed E-state index contributed by atoms with van der Waals surface area (Å²) in [6.07, 6.45) is 3.43. The number of rotatable bonds is 4. The van der Waals surface area contributed by atoms with Crippen molar-refractivity contribution in [2.24, 2.45) is 4.99 Å². The van der Waals surface area contributed by atoms with Crippen molar-refractivity contribution in [2.45, 2.75) is 44.7 Å². The summed E-state index contributed by atoms with van der Waals surface area (Å²) in [5, 5.41) is 22.8. The summed E-state index contributed by atoms with van der Waals surface area (Å²) in [7, 11) is 0. The van der Waals surface area contributed by atoms with Gasteiger partial charge < -0.3 is 20.1 Å². The Balaban J connectivity index is 1.28. The van der Waals surface area contributed by atoms with Crippen molar-refractivity contribution in [3.63, 3.8) is 0 Å². The highest BCUT2D eigenvalue weighted by atomic mass is 35.5. The molecule has 0 aromatic heterocycles. The summed E-state index contributed by atoms with van der Waals surface area (Å²) in [5.74, 6) is -0.722. The van der Waals surface area contributed by atoms with Crippen LogP contribution in [0.25, 0.3) is 0 Å². The molecule has 1 amide bonds. The molecule has 9 nitrogen and oxygen atoms in total. The van der Waals surface area contributed by atoms with Gasteiger partial charge in [0.25, 0.3) is 11.9 Å². The SMILES string of the molecule is CC1CN(C2C=CC(C(=N)OC(=N)NC3N=C(c4ccccc4)c4ccccc4NC3=O)=C(Cl)C2)CC(C)O1. The van der Waals surface area contributed by atoms with Gasteiger partial charge in [-0.15, -0.1) is 0 Å². The fraction of sp³-hybridized carbons (Fsp3) is 0.310. The largest absolute Gasteiger partial charge is 0.407 e. The number of amidine groups is 1. The molecule has 1 saturated heterocycles. The second kappa shape index (κ2) is 11.5. The predicted octanol–water partition coefficient (Wildman–Crippen LogP) is 4.25. The summed E-state index contributed by atoms with van der Waals surface area (Å²) >= 11 is 6.60. The minimum absolute atomic E-state index is 0.0995. The monoisotopic (exact) mass is 546 g/mol. The van der Waals surface area contributed by atoms with Crippen LogP contribution in [-0.2, 0) is 14.3 Å². The van der Waals surface area contributed by atoms with Gasteiger partial charge in [0.2, 0.25) is 12.1 Å². The average Bonchev–Trinajstić information content (AvgIpc) is 3.04. The normalized spacial score (nSPS) is 25.2. The van der Waals surface area contributed by atoms with Crippen LogP contribution in [0, 0.1) is 10.8 Å². The number of fused-ring (bicyclic) bond motifs is 1. The molecule has 1 fully saturated rings. The van der Waals surface area contributed by atoms with Gasteiger partial charge in [-0.05, 0) is 19.9 Å². The molecule has 4 N–H and O–H groups in total. The molecule has 2 aromatic carbocycles. The maximum Gasteiger partial charge on any atom is 0.290 e. The van der Waals surface area contributed by atoms with Crippen LogP contribution in [0.5, 0.6) is 0 Å². The number of nitrogens with one attached hydrogen (secondary N) is 4. The Kier molecular flexibility index (Phi) is 7.92. The zero-order valence-electron chi connectivity index (χ0n) is 21.8. The number of halogens is 1. The first-order valence-electron chi connectivity index (χ1n) is 12.9. The van der Waals surface area contributed by atoms with Gasteiger partial charge in [0.15, 0.2) is 0 Å². The van der Waals surface area contributed by atoms with Crippen LogP contribution < -0.4 is 10.6 Å². The third kappa shape index (κ3) is 6.11. The number of nitrogens with zero attached hydrogens (tertiary/aromatic N) is 2. The fourth-order valence-electron chi connectivity index (χ4n) is 5.09. The van der Waals surface area contributed by atoms with Crippen LogP contribution in [-0.4, -0.2) is 65.9 Å². The minimum Gasteiger partial charge on any atom is -0.407 e. The molecule has 1 aliphatic carbocycles. The number of hydrogen-bond donors (Lipinski definition) is 4. The van der Waals surface area contributed by atoms with Gasteiger partial charge in [-0.3, -0.25) is 20.5 Å². The number of benzene rings is 2. The van der Waals surface area contributed by atoms with E-state index in [9.17, 15) is 4.79 Å². The third-order valence-electron chi connectivity index (χ3n) is 6.79. The van der Waals surface area contributed by atoms with Gasteiger partial charge >= 0.3 is 0 Å². The lowest BCUT2D eigenvalue weighted by molar-refractivity contribution is -0.117. The number of anilines is 1. The maximum atomic E-state index is 13.0. The lowest BCUT2D eigenvalue weighted by Crippen LogP contribution is -2.50. The summed E-state index contributed by atoms with van der Waals surface area (Å²) in [6, 6.07) is 16.6. The molecule has 10 heteroatoms. The maximum absolute atomic E-state index is 13.0. The predicted molar refractivity (Wildman–Crippen MR) is 153 cm³/mol. The van der Waals surface area contributed by atoms with E-state index in [1.807, 2.05) is 54.6 Å². The standard InChI is InChI=1S/C29H31ClN6O3/c1-17-15-36(16-18(2)38-17)20-12-13-21(23(30)14-20)26(31)39-29(32)35-27-28(37)33-24-11-7-6-10-22(24)25(34-27)19-8-4-3-5-9-19/h3-13,17-18,20,27,31H,14-16H2,1-2H3,(H2,32,35)(H,33,37). The molecule has 2 heterocycles. The van der Waals surface area contributed by atoms with Gasteiger partial charge in [-0.25, -0.2) is 4.99 Å². The number of carbonyl (C=O) groups excluding carboxylic acids is 1. The molecule has 4 unspecified atom stereocenters. The zero-order valence-corrected chi connectivity index (χ0v) is 22.5. The van der Waals surface area contributed by atoms with E-state index in [0.717, 1.165) is 24.2 Å². The molecule has 2 aromatic rings.